The molecule has 0 heterocycles. The minimum atomic E-state index is -0.497. The van der Waals surface area contributed by atoms with Crippen LogP contribution in [0.5, 0.6) is 0 Å². The molecule has 0 unspecified atom stereocenters. The first-order valence-electron chi connectivity index (χ1n) is 5.24. The molecule has 1 rings (SSSR count). The van der Waals surface area contributed by atoms with Gasteiger partial charge in [-0.1, -0.05) is 18.2 Å². The molecule has 0 amide bonds. The van der Waals surface area contributed by atoms with E-state index < -0.39 is 5.97 Å². The van der Waals surface area contributed by atoms with E-state index in [-0.39, 0.29) is 12.4 Å². The monoisotopic (exact) mass is 238 g/mol. The van der Waals surface area contributed by atoms with E-state index >= 15 is 0 Å². The Morgan fingerprint density at radius 2 is 2.06 bits per heavy atom. The van der Waals surface area contributed by atoms with E-state index in [4.69, 9.17) is 9.47 Å². The maximum atomic E-state index is 13.4. The molecule has 1 aromatic carbocycles. The van der Waals surface area contributed by atoms with Crippen LogP contribution in [0.25, 0.3) is 5.57 Å². The van der Waals surface area contributed by atoms with Gasteiger partial charge in [-0.15, -0.1) is 0 Å². The molecule has 17 heavy (non-hydrogen) atoms. The van der Waals surface area contributed by atoms with Crippen molar-refractivity contribution in [3.63, 3.8) is 0 Å². The van der Waals surface area contributed by atoms with Crippen molar-refractivity contribution in [2.24, 2.45) is 0 Å². The minimum Gasteiger partial charge on any atom is -0.460 e. The van der Waals surface area contributed by atoms with Gasteiger partial charge < -0.3 is 9.47 Å². The third-order valence-corrected chi connectivity index (χ3v) is 2.16. The zero-order valence-corrected chi connectivity index (χ0v) is 9.90. The Hall–Kier alpha value is -1.68. The summed E-state index contributed by atoms with van der Waals surface area (Å²) in [4.78, 5) is 11.3. The first-order chi connectivity index (χ1) is 8.15. The summed E-state index contributed by atoms with van der Waals surface area (Å²) in [5.74, 6) is -0.853. The van der Waals surface area contributed by atoms with Crippen LogP contribution in [0.2, 0.25) is 0 Å². The fraction of sp³-hybridized carbons (Fsp3) is 0.308. The van der Waals surface area contributed by atoms with Gasteiger partial charge in [0.2, 0.25) is 0 Å². The van der Waals surface area contributed by atoms with Crippen LogP contribution in [0.3, 0.4) is 0 Å². The lowest BCUT2D eigenvalue weighted by atomic mass is 10.1. The Balaban J connectivity index is 2.66. The first-order valence-corrected chi connectivity index (χ1v) is 5.24. The number of halogens is 1. The molecule has 0 aliphatic carbocycles. The van der Waals surface area contributed by atoms with E-state index in [0.717, 1.165) is 0 Å². The highest BCUT2D eigenvalue weighted by atomic mass is 19.1. The van der Waals surface area contributed by atoms with Crippen molar-refractivity contribution in [1.82, 2.24) is 0 Å². The van der Waals surface area contributed by atoms with Gasteiger partial charge in [0.15, 0.2) is 0 Å². The van der Waals surface area contributed by atoms with Crippen molar-refractivity contribution in [3.05, 3.63) is 41.7 Å². The number of benzene rings is 1. The van der Waals surface area contributed by atoms with Gasteiger partial charge in [-0.3, -0.25) is 0 Å². The molecule has 0 saturated heterocycles. The number of esters is 1. The normalized spacial score (nSPS) is 11.4. The molecule has 0 radical (unpaired) electrons. The van der Waals surface area contributed by atoms with Gasteiger partial charge in [-0.05, 0) is 18.6 Å². The lowest BCUT2D eigenvalue weighted by molar-refractivity contribution is -0.138. The standard InChI is InChI=1S/C13H15FO3/c1-10(9-13(15)17-8-7-16-2)11-5-3-4-6-12(11)14/h3-6,9H,7-8H2,1-2H3. The second-order valence-electron chi connectivity index (χ2n) is 3.47. The van der Waals surface area contributed by atoms with Crippen LogP contribution in [0, 0.1) is 5.82 Å². The zero-order chi connectivity index (χ0) is 12.7. The van der Waals surface area contributed by atoms with Crippen molar-refractivity contribution in [1.29, 1.82) is 0 Å². The Kier molecular flexibility index (Phi) is 5.36. The number of rotatable bonds is 5. The molecule has 0 spiro atoms. The van der Waals surface area contributed by atoms with Crippen LogP contribution >= 0.6 is 0 Å². The molecule has 92 valence electrons. The minimum absolute atomic E-state index is 0.191. The first kappa shape index (κ1) is 13.4. The number of carbonyl (C=O) groups excluding carboxylic acids is 1. The summed E-state index contributed by atoms with van der Waals surface area (Å²) in [7, 11) is 1.52. The summed E-state index contributed by atoms with van der Waals surface area (Å²) in [5, 5.41) is 0. The molecule has 0 aliphatic rings. The van der Waals surface area contributed by atoms with E-state index in [1.807, 2.05) is 0 Å². The molecule has 0 atom stereocenters. The topological polar surface area (TPSA) is 35.5 Å². The van der Waals surface area contributed by atoms with Crippen molar-refractivity contribution < 1.29 is 18.7 Å². The van der Waals surface area contributed by atoms with E-state index in [2.05, 4.69) is 0 Å². The van der Waals surface area contributed by atoms with Crippen molar-refractivity contribution in [2.45, 2.75) is 6.92 Å². The number of methoxy groups -OCH3 is 1. The van der Waals surface area contributed by atoms with Crippen LogP contribution < -0.4 is 0 Å². The van der Waals surface area contributed by atoms with Crippen molar-refractivity contribution in [2.75, 3.05) is 20.3 Å². The molecular formula is C13H15FO3. The predicted molar refractivity (Wildman–Crippen MR) is 62.9 cm³/mol. The van der Waals surface area contributed by atoms with Gasteiger partial charge in [0.1, 0.15) is 12.4 Å². The number of allylic oxidation sites excluding steroid dienone is 1. The highest BCUT2D eigenvalue weighted by Gasteiger charge is 2.05. The molecule has 1 aromatic rings. The van der Waals surface area contributed by atoms with Gasteiger partial charge in [0.05, 0.1) is 6.61 Å². The second-order valence-corrected chi connectivity index (χ2v) is 3.47. The summed E-state index contributed by atoms with van der Waals surface area (Å²) in [6.45, 7) is 2.20. The van der Waals surface area contributed by atoms with Gasteiger partial charge >= 0.3 is 5.97 Å². The third kappa shape index (κ3) is 4.36. The Morgan fingerprint density at radius 1 is 1.35 bits per heavy atom. The van der Waals surface area contributed by atoms with Crippen molar-refractivity contribution >= 4 is 11.5 Å². The molecule has 4 heteroatoms. The summed E-state index contributed by atoms with van der Waals surface area (Å²) in [6.07, 6.45) is 1.27. The quantitative estimate of drug-likeness (QED) is 0.449. The van der Waals surface area contributed by atoms with Gasteiger partial charge in [0, 0.05) is 18.7 Å². The van der Waals surface area contributed by atoms with E-state index in [9.17, 15) is 9.18 Å². The molecule has 0 aliphatic heterocycles. The van der Waals surface area contributed by atoms with E-state index in [0.29, 0.717) is 17.7 Å². The van der Waals surface area contributed by atoms with Crippen LogP contribution in [0.15, 0.2) is 30.3 Å². The van der Waals surface area contributed by atoms with Crippen LogP contribution in [-0.4, -0.2) is 26.3 Å². The maximum Gasteiger partial charge on any atom is 0.331 e. The highest BCUT2D eigenvalue weighted by molar-refractivity contribution is 5.90. The average molecular weight is 238 g/mol. The summed E-state index contributed by atoms with van der Waals surface area (Å²) < 4.78 is 23.0. The van der Waals surface area contributed by atoms with Crippen molar-refractivity contribution in [3.8, 4) is 0 Å². The fourth-order valence-electron chi connectivity index (χ4n) is 1.30. The highest BCUT2D eigenvalue weighted by Crippen LogP contribution is 2.17. The SMILES string of the molecule is COCCOC(=O)C=C(C)c1ccccc1F. The van der Waals surface area contributed by atoms with Gasteiger partial charge in [-0.2, -0.15) is 0 Å². The third-order valence-electron chi connectivity index (χ3n) is 2.16. The van der Waals surface area contributed by atoms with Crippen LogP contribution in [0.4, 0.5) is 4.39 Å². The zero-order valence-electron chi connectivity index (χ0n) is 9.90. The molecular weight excluding hydrogens is 223 g/mol. The molecule has 0 aromatic heterocycles. The van der Waals surface area contributed by atoms with Gasteiger partial charge in [0.25, 0.3) is 0 Å². The molecule has 0 saturated carbocycles. The van der Waals surface area contributed by atoms with E-state index in [1.54, 1.807) is 25.1 Å². The largest absolute Gasteiger partial charge is 0.460 e. The second kappa shape index (κ2) is 6.81. The Morgan fingerprint density at radius 3 is 2.71 bits per heavy atom. The smallest absolute Gasteiger partial charge is 0.331 e. The number of carbonyl (C=O) groups is 1. The Bertz CT molecular complexity index is 413. The van der Waals surface area contributed by atoms with E-state index in [1.165, 1.54) is 19.3 Å². The lowest BCUT2D eigenvalue weighted by Crippen LogP contribution is -2.07. The van der Waals surface area contributed by atoms with Crippen LogP contribution in [0.1, 0.15) is 12.5 Å². The molecule has 0 bridgehead atoms. The predicted octanol–water partition coefficient (Wildman–Crippen LogP) is 2.42. The Labute approximate surface area is 99.9 Å². The maximum absolute atomic E-state index is 13.4. The average Bonchev–Trinajstić information content (AvgIpc) is 2.29. The summed E-state index contributed by atoms with van der Waals surface area (Å²) in [5.41, 5.74) is 0.932. The molecule has 0 fully saturated rings. The number of hydrogen-bond acceptors (Lipinski definition) is 3. The molecule has 0 N–H and O–H groups in total. The summed E-state index contributed by atoms with van der Waals surface area (Å²) >= 11 is 0. The number of ether oxygens (including phenoxy) is 2. The molecule has 3 nitrogen and oxygen atoms in total. The number of hydrogen-bond donors (Lipinski definition) is 0. The van der Waals surface area contributed by atoms with Gasteiger partial charge in [-0.25, -0.2) is 9.18 Å². The van der Waals surface area contributed by atoms with Crippen LogP contribution in [-0.2, 0) is 14.3 Å². The fourth-order valence-corrected chi connectivity index (χ4v) is 1.30. The lowest BCUT2D eigenvalue weighted by Gasteiger charge is -2.04. The summed E-state index contributed by atoms with van der Waals surface area (Å²) in [6, 6.07) is 6.28.